The molecule has 3 N–H and O–H groups in total. The molecule has 0 aliphatic carbocycles. The maximum atomic E-state index is 14.8. The molecule has 0 saturated carbocycles. The summed E-state index contributed by atoms with van der Waals surface area (Å²) in [6.45, 7) is 1.49. The van der Waals surface area contributed by atoms with Crippen molar-refractivity contribution in [3.63, 3.8) is 0 Å². The first kappa shape index (κ1) is 27.7. The molecule has 6 rings (SSSR count). The Morgan fingerprint density at radius 3 is 2.46 bits per heavy atom. The summed E-state index contributed by atoms with van der Waals surface area (Å²) >= 11 is 12.8. The highest BCUT2D eigenvalue weighted by Crippen LogP contribution is 2.36. The zero-order valence-electron chi connectivity index (χ0n) is 22.0. The summed E-state index contributed by atoms with van der Waals surface area (Å²) in [6, 6.07) is 14.4. The average molecular weight is 595 g/mol. The Morgan fingerprint density at radius 2 is 1.73 bits per heavy atom. The molecule has 7 nitrogen and oxygen atoms in total. The zero-order chi connectivity index (χ0) is 28.7. The van der Waals surface area contributed by atoms with Crippen molar-refractivity contribution in [3.05, 3.63) is 88.0 Å². The Balaban J connectivity index is 1.36. The minimum absolute atomic E-state index is 0.116. The number of benzene rings is 3. The van der Waals surface area contributed by atoms with Crippen molar-refractivity contribution in [2.75, 3.05) is 25.5 Å². The molecule has 3 heterocycles. The molecule has 0 bridgehead atoms. The van der Waals surface area contributed by atoms with E-state index in [1.807, 2.05) is 11.9 Å². The van der Waals surface area contributed by atoms with Crippen LogP contribution in [0.2, 0.25) is 10.0 Å². The van der Waals surface area contributed by atoms with Gasteiger partial charge in [0.25, 0.3) is 0 Å². The van der Waals surface area contributed by atoms with Gasteiger partial charge in [0.2, 0.25) is 5.95 Å². The van der Waals surface area contributed by atoms with Gasteiger partial charge in [0.15, 0.2) is 0 Å². The molecule has 0 spiro atoms. The van der Waals surface area contributed by atoms with Gasteiger partial charge >= 0.3 is 0 Å². The predicted molar refractivity (Wildman–Crippen MR) is 159 cm³/mol. The largest absolute Gasteiger partial charge is 0.374 e. The molecule has 1 aliphatic rings. The molecule has 1 saturated heterocycles. The van der Waals surface area contributed by atoms with Crippen LogP contribution in [-0.4, -0.2) is 51.1 Å². The summed E-state index contributed by atoms with van der Waals surface area (Å²) in [6.07, 6.45) is 2.52. The van der Waals surface area contributed by atoms with Gasteiger partial charge in [-0.1, -0.05) is 35.3 Å². The normalized spacial score (nSPS) is 15.5. The number of halogens is 4. The Morgan fingerprint density at radius 1 is 0.976 bits per heavy atom. The highest BCUT2D eigenvalue weighted by Gasteiger charge is 2.26. The molecular weight excluding hydrogens is 569 g/mol. The van der Waals surface area contributed by atoms with Crippen LogP contribution in [0.5, 0.6) is 0 Å². The number of anilines is 2. The van der Waals surface area contributed by atoms with Crippen molar-refractivity contribution in [2.24, 2.45) is 0 Å². The van der Waals surface area contributed by atoms with E-state index in [0.29, 0.717) is 49.1 Å². The minimum Gasteiger partial charge on any atom is -0.374 e. The third-order valence-corrected chi connectivity index (χ3v) is 8.09. The van der Waals surface area contributed by atoms with Gasteiger partial charge < -0.3 is 15.7 Å². The Hall–Kier alpha value is -3.47. The number of nitrogens with one attached hydrogen (secondary N) is 2. The first-order valence-electron chi connectivity index (χ1n) is 13.2. The molecule has 1 atom stereocenters. The standard InChI is InChI=1S/C30H26Cl2F2N6O/c1-35-17-9-11-40(12-10-17)29(41)21-14-18(6-8-22(21)32)37-30-36-15-25-27(39-30)19-7-5-16(31)13-20(19)28(38-25)26-23(33)3-2-4-24(26)34/h2-8,13-15,17,29,35,41H,9-12H2,1H3,(H,36,37,39). The predicted octanol–water partition coefficient (Wildman–Crippen LogP) is 6.85. The third-order valence-electron chi connectivity index (χ3n) is 7.51. The highest BCUT2D eigenvalue weighted by atomic mass is 35.5. The molecule has 210 valence electrons. The van der Waals surface area contributed by atoms with Crippen LogP contribution < -0.4 is 10.6 Å². The van der Waals surface area contributed by atoms with Gasteiger partial charge in [-0.05, 0) is 62.4 Å². The zero-order valence-corrected chi connectivity index (χ0v) is 23.5. The lowest BCUT2D eigenvalue weighted by atomic mass is 10.0. The van der Waals surface area contributed by atoms with Gasteiger partial charge in [-0.3, -0.25) is 4.90 Å². The van der Waals surface area contributed by atoms with Crippen molar-refractivity contribution in [1.29, 1.82) is 0 Å². The van der Waals surface area contributed by atoms with Crippen molar-refractivity contribution in [1.82, 2.24) is 25.2 Å². The summed E-state index contributed by atoms with van der Waals surface area (Å²) in [4.78, 5) is 15.6. The molecule has 2 aromatic heterocycles. The second kappa shape index (κ2) is 11.4. The third kappa shape index (κ3) is 5.43. The summed E-state index contributed by atoms with van der Waals surface area (Å²) in [5.74, 6) is -1.19. The van der Waals surface area contributed by atoms with Crippen LogP contribution in [-0.2, 0) is 0 Å². The van der Waals surface area contributed by atoms with Crippen molar-refractivity contribution in [3.8, 4) is 11.3 Å². The molecule has 1 aliphatic heterocycles. The average Bonchev–Trinajstić information content (AvgIpc) is 2.98. The Kier molecular flexibility index (Phi) is 7.72. The number of rotatable bonds is 6. The second-order valence-corrected chi connectivity index (χ2v) is 10.9. The summed E-state index contributed by atoms with van der Waals surface area (Å²) in [5.41, 5.74) is 1.93. The second-order valence-electron chi connectivity index (χ2n) is 10.0. The number of piperidine rings is 1. The molecule has 5 aromatic rings. The van der Waals surface area contributed by atoms with E-state index in [1.165, 1.54) is 24.4 Å². The smallest absolute Gasteiger partial charge is 0.227 e. The maximum absolute atomic E-state index is 14.8. The lowest BCUT2D eigenvalue weighted by Crippen LogP contribution is -2.42. The van der Waals surface area contributed by atoms with E-state index in [2.05, 4.69) is 25.6 Å². The van der Waals surface area contributed by atoms with Crippen molar-refractivity contribution < 1.29 is 13.9 Å². The van der Waals surface area contributed by atoms with Crippen LogP contribution in [0.4, 0.5) is 20.4 Å². The first-order chi connectivity index (χ1) is 19.8. The molecule has 0 amide bonds. The van der Waals surface area contributed by atoms with Gasteiger partial charge in [-0.2, -0.15) is 0 Å². The molecule has 0 radical (unpaired) electrons. The molecule has 11 heteroatoms. The van der Waals surface area contributed by atoms with E-state index in [9.17, 15) is 13.9 Å². The number of nitrogens with zero attached hydrogens (tertiary/aromatic N) is 4. The van der Waals surface area contributed by atoms with Crippen molar-refractivity contribution >= 4 is 56.6 Å². The van der Waals surface area contributed by atoms with Gasteiger partial charge in [-0.25, -0.2) is 23.7 Å². The van der Waals surface area contributed by atoms with Gasteiger partial charge in [0.1, 0.15) is 28.9 Å². The summed E-state index contributed by atoms with van der Waals surface area (Å²) in [5, 5.41) is 19.5. The minimum atomic E-state index is -0.852. The fourth-order valence-electron chi connectivity index (χ4n) is 5.31. The van der Waals surface area contributed by atoms with Crippen LogP contribution in [0.15, 0.2) is 60.8 Å². The lowest BCUT2D eigenvalue weighted by Gasteiger charge is -2.35. The number of aliphatic hydroxyl groups excluding tert-OH is 1. The van der Waals surface area contributed by atoms with Gasteiger partial charge in [-0.15, -0.1) is 0 Å². The fraction of sp³-hybridized carbons (Fsp3) is 0.233. The van der Waals surface area contributed by atoms with E-state index >= 15 is 0 Å². The van der Waals surface area contributed by atoms with E-state index in [4.69, 9.17) is 23.2 Å². The fourth-order valence-corrected chi connectivity index (χ4v) is 5.70. The van der Waals surface area contributed by atoms with E-state index in [-0.39, 0.29) is 17.2 Å². The van der Waals surface area contributed by atoms with E-state index in [0.717, 1.165) is 25.9 Å². The number of aliphatic hydroxyl groups is 1. The van der Waals surface area contributed by atoms with E-state index < -0.39 is 17.9 Å². The summed E-state index contributed by atoms with van der Waals surface area (Å²) < 4.78 is 29.5. The van der Waals surface area contributed by atoms with Crippen LogP contribution in [0.3, 0.4) is 0 Å². The Bertz CT molecular complexity index is 1740. The van der Waals surface area contributed by atoms with Crippen LogP contribution in [0.25, 0.3) is 33.1 Å². The highest BCUT2D eigenvalue weighted by molar-refractivity contribution is 6.32. The number of hydrogen-bond donors (Lipinski definition) is 3. The monoisotopic (exact) mass is 594 g/mol. The maximum Gasteiger partial charge on any atom is 0.227 e. The number of aromatic nitrogens is 3. The van der Waals surface area contributed by atoms with Crippen LogP contribution in [0, 0.1) is 11.6 Å². The first-order valence-corrected chi connectivity index (χ1v) is 13.9. The van der Waals surface area contributed by atoms with Crippen LogP contribution in [0.1, 0.15) is 24.6 Å². The topological polar surface area (TPSA) is 86.2 Å². The number of pyridine rings is 1. The summed E-state index contributed by atoms with van der Waals surface area (Å²) in [7, 11) is 1.95. The van der Waals surface area contributed by atoms with Crippen LogP contribution >= 0.6 is 23.2 Å². The molecule has 1 unspecified atom stereocenters. The number of likely N-dealkylation sites (tertiary alicyclic amines) is 1. The molecule has 3 aromatic carbocycles. The van der Waals surface area contributed by atoms with Gasteiger partial charge in [0, 0.05) is 51.2 Å². The van der Waals surface area contributed by atoms with E-state index in [1.54, 1.807) is 36.4 Å². The Labute approximate surface area is 245 Å². The van der Waals surface area contributed by atoms with Gasteiger partial charge in [0.05, 0.1) is 17.5 Å². The SMILES string of the molecule is CNC1CCN(C(O)c2cc(Nc3ncc4nc(-c5c(F)cccc5F)c5cc(Cl)ccc5c4n3)ccc2Cl)CC1. The quantitative estimate of drug-likeness (QED) is 0.185. The molecule has 41 heavy (non-hydrogen) atoms. The van der Waals surface area contributed by atoms with Crippen molar-refractivity contribution in [2.45, 2.75) is 25.1 Å². The number of fused-ring (bicyclic) bond motifs is 3. The lowest BCUT2D eigenvalue weighted by molar-refractivity contribution is -0.0143. The molecular formula is C30H26Cl2F2N6O. The molecule has 1 fully saturated rings. The number of hydrogen-bond acceptors (Lipinski definition) is 7.